The summed E-state index contributed by atoms with van der Waals surface area (Å²) < 4.78 is 38.3. The van der Waals surface area contributed by atoms with Crippen molar-refractivity contribution < 1.29 is 47.9 Å². The van der Waals surface area contributed by atoms with Crippen LogP contribution in [0.3, 0.4) is 0 Å². The number of fused-ring (bicyclic) bond motifs is 3. The van der Waals surface area contributed by atoms with Crippen LogP contribution in [0.2, 0.25) is 0 Å². The number of ether oxygens (including phenoxy) is 6. The zero-order valence-electron chi connectivity index (χ0n) is 35.9. The van der Waals surface area contributed by atoms with Crippen molar-refractivity contribution in [2.45, 2.75) is 102 Å². The Labute approximate surface area is 367 Å². The Kier molecular flexibility index (Phi) is 13.6. The molecule has 63 heavy (non-hydrogen) atoms. The SMILES string of the molecule is CCC[C@H]1[C@@H]2CCc3cc(OCc4cn(C[C@H]5O[C@H](OC)[C@@H](OC(=O)c6ccccc6)[C@@H](OC(=O)c6ccccc6)[C@@H]5OC(=O)c5ccccc5)nn4)ccc3[C@H]2CC[C@]1(C)CO. The van der Waals surface area contributed by atoms with Gasteiger partial charge in [0.1, 0.15) is 24.2 Å². The van der Waals surface area contributed by atoms with Crippen LogP contribution in [0, 0.1) is 17.3 Å². The van der Waals surface area contributed by atoms with Crippen LogP contribution in [0.25, 0.3) is 0 Å². The summed E-state index contributed by atoms with van der Waals surface area (Å²) in [6.45, 7) is 4.88. The molecule has 0 spiro atoms. The average Bonchev–Trinajstić information content (AvgIpc) is 3.78. The van der Waals surface area contributed by atoms with E-state index in [1.165, 1.54) is 22.9 Å². The normalized spacial score (nSPS) is 26.4. The highest BCUT2D eigenvalue weighted by molar-refractivity contribution is 5.91. The summed E-state index contributed by atoms with van der Waals surface area (Å²) in [6, 6.07) is 31.5. The number of hydrogen-bond donors (Lipinski definition) is 1. The first-order valence-corrected chi connectivity index (χ1v) is 21.9. The van der Waals surface area contributed by atoms with Gasteiger partial charge < -0.3 is 33.5 Å². The van der Waals surface area contributed by atoms with Gasteiger partial charge in [-0.05, 0) is 115 Å². The number of aliphatic hydroxyl groups excluding tert-OH is 1. The maximum atomic E-state index is 13.8. The van der Waals surface area contributed by atoms with Gasteiger partial charge in [-0.3, -0.25) is 0 Å². The van der Waals surface area contributed by atoms with Gasteiger partial charge in [0.15, 0.2) is 24.6 Å². The average molecular weight is 858 g/mol. The van der Waals surface area contributed by atoms with Crippen LogP contribution in [0.15, 0.2) is 115 Å². The first-order chi connectivity index (χ1) is 30.7. The van der Waals surface area contributed by atoms with Gasteiger partial charge in [-0.15, -0.1) is 5.10 Å². The summed E-state index contributed by atoms with van der Waals surface area (Å²) >= 11 is 0. The number of hydrogen-bond acceptors (Lipinski definition) is 12. The maximum absolute atomic E-state index is 13.8. The summed E-state index contributed by atoms with van der Waals surface area (Å²) in [6.07, 6.45) is 1.80. The summed E-state index contributed by atoms with van der Waals surface area (Å²) in [7, 11) is 1.38. The Hall–Kier alpha value is -5.89. The number of benzene rings is 4. The summed E-state index contributed by atoms with van der Waals surface area (Å²) in [4.78, 5) is 41.0. The molecule has 4 aromatic carbocycles. The number of aryl methyl sites for hydroxylation is 1. The second-order valence-electron chi connectivity index (χ2n) is 17.1. The van der Waals surface area contributed by atoms with E-state index < -0.39 is 48.6 Å². The molecule has 0 radical (unpaired) electrons. The fourth-order valence-corrected chi connectivity index (χ4v) is 9.86. The van der Waals surface area contributed by atoms with Crippen molar-refractivity contribution in [2.24, 2.45) is 17.3 Å². The smallest absolute Gasteiger partial charge is 0.338 e. The molecule has 0 bridgehead atoms. The molecule has 2 fully saturated rings. The molecule has 13 heteroatoms. The van der Waals surface area contributed by atoms with E-state index >= 15 is 0 Å². The van der Waals surface area contributed by atoms with Gasteiger partial charge in [-0.25, -0.2) is 19.1 Å². The Morgan fingerprint density at radius 1 is 0.810 bits per heavy atom. The molecule has 5 aromatic rings. The molecular formula is C50H55N3O10. The molecule has 9 atom stereocenters. The molecule has 330 valence electrons. The zero-order chi connectivity index (χ0) is 43.9. The van der Waals surface area contributed by atoms with Crippen LogP contribution in [0.5, 0.6) is 5.75 Å². The minimum atomic E-state index is -1.39. The zero-order valence-corrected chi connectivity index (χ0v) is 35.9. The molecule has 8 rings (SSSR count). The van der Waals surface area contributed by atoms with Crippen molar-refractivity contribution in [3.8, 4) is 5.75 Å². The van der Waals surface area contributed by atoms with Gasteiger partial charge in [0.2, 0.25) is 0 Å². The highest BCUT2D eigenvalue weighted by Crippen LogP contribution is 2.56. The van der Waals surface area contributed by atoms with Gasteiger partial charge >= 0.3 is 17.9 Å². The lowest BCUT2D eigenvalue weighted by atomic mass is 9.54. The fourth-order valence-electron chi connectivity index (χ4n) is 9.86. The number of carbonyl (C=O) groups is 3. The molecule has 1 aromatic heterocycles. The Balaban J connectivity index is 1.02. The lowest BCUT2D eigenvalue weighted by Gasteiger charge is -2.51. The number of carbonyl (C=O) groups excluding carboxylic acids is 3. The van der Waals surface area contributed by atoms with E-state index in [0.29, 0.717) is 23.4 Å². The Morgan fingerprint density at radius 2 is 1.41 bits per heavy atom. The molecule has 1 aliphatic heterocycles. The van der Waals surface area contributed by atoms with Crippen LogP contribution in [-0.2, 0) is 43.3 Å². The first kappa shape index (κ1) is 43.7. The number of nitrogens with zero attached hydrogens (tertiary/aromatic N) is 3. The van der Waals surface area contributed by atoms with Crippen molar-refractivity contribution in [2.75, 3.05) is 13.7 Å². The third-order valence-corrected chi connectivity index (χ3v) is 13.1. The fraction of sp³-hybridized carbons (Fsp3) is 0.420. The lowest BCUT2D eigenvalue weighted by Crippen LogP contribution is -2.62. The Morgan fingerprint density at radius 3 is 2.00 bits per heavy atom. The van der Waals surface area contributed by atoms with E-state index in [4.69, 9.17) is 28.4 Å². The van der Waals surface area contributed by atoms with Gasteiger partial charge in [-0.1, -0.05) is 86.1 Å². The van der Waals surface area contributed by atoms with Crippen LogP contribution in [-0.4, -0.2) is 82.4 Å². The first-order valence-electron chi connectivity index (χ1n) is 21.9. The van der Waals surface area contributed by atoms with Crippen LogP contribution < -0.4 is 4.74 Å². The standard InChI is InChI=1S/C50H55N3O10/c1-4-14-41-40-23-21-35-27-37(22-24-38(35)39(40)25-26-50(41,2)31-54)59-30-36-28-53(52-51-36)29-42-43(61-46(55)32-15-8-5-9-16-32)44(62-47(56)33-17-10-6-11-18-33)45(49(58-3)60-42)63-48(57)34-19-12-7-13-20-34/h5-13,15-20,22,24,27-28,39-45,49,54H,4,14,21,23,25-26,29-31H2,1-3H3/t39-,40-,41+,42-,43-,44+,45+,49+,50-/m1/s1. The van der Waals surface area contributed by atoms with Gasteiger partial charge in [0, 0.05) is 13.7 Å². The topological polar surface area (TPSA) is 158 Å². The van der Waals surface area contributed by atoms with Gasteiger partial charge in [-0.2, -0.15) is 0 Å². The quantitative estimate of drug-likeness (QED) is 0.0808. The van der Waals surface area contributed by atoms with E-state index in [1.54, 1.807) is 97.2 Å². The summed E-state index contributed by atoms with van der Waals surface area (Å²) in [5.74, 6) is 0.153. The second-order valence-corrected chi connectivity index (χ2v) is 17.1. The molecule has 0 unspecified atom stereocenters. The highest BCUT2D eigenvalue weighted by atomic mass is 16.7. The molecule has 1 saturated carbocycles. The summed E-state index contributed by atoms with van der Waals surface area (Å²) in [5.41, 5.74) is 3.98. The number of aliphatic hydroxyl groups is 1. The molecule has 3 aliphatic rings. The monoisotopic (exact) mass is 857 g/mol. The third-order valence-electron chi connectivity index (χ3n) is 13.1. The highest BCUT2D eigenvalue weighted by Gasteiger charge is 2.53. The van der Waals surface area contributed by atoms with E-state index in [1.807, 2.05) is 6.07 Å². The van der Waals surface area contributed by atoms with Crippen molar-refractivity contribution in [1.82, 2.24) is 15.0 Å². The number of aromatic nitrogens is 3. The van der Waals surface area contributed by atoms with Crippen molar-refractivity contribution in [3.63, 3.8) is 0 Å². The summed E-state index contributed by atoms with van der Waals surface area (Å²) in [5, 5.41) is 19.1. The molecular weight excluding hydrogens is 803 g/mol. The molecule has 13 nitrogen and oxygen atoms in total. The third kappa shape index (κ3) is 9.70. The van der Waals surface area contributed by atoms with E-state index in [0.717, 1.165) is 44.3 Å². The van der Waals surface area contributed by atoms with Crippen LogP contribution in [0.4, 0.5) is 0 Å². The van der Waals surface area contributed by atoms with Crippen molar-refractivity contribution >= 4 is 17.9 Å². The maximum Gasteiger partial charge on any atom is 0.338 e. The molecule has 2 heterocycles. The largest absolute Gasteiger partial charge is 0.487 e. The molecule has 0 amide bonds. The van der Waals surface area contributed by atoms with Gasteiger partial charge in [0.25, 0.3) is 0 Å². The van der Waals surface area contributed by atoms with Crippen molar-refractivity contribution in [1.29, 1.82) is 0 Å². The molecule has 2 aliphatic carbocycles. The van der Waals surface area contributed by atoms with Gasteiger partial charge in [0.05, 0.1) is 29.4 Å². The number of rotatable bonds is 15. The van der Waals surface area contributed by atoms with Crippen LogP contribution in [0.1, 0.15) is 99.8 Å². The van der Waals surface area contributed by atoms with Crippen molar-refractivity contribution in [3.05, 3.63) is 149 Å². The molecule has 1 N–H and O–H groups in total. The minimum absolute atomic E-state index is 0.0198. The van der Waals surface area contributed by atoms with Crippen LogP contribution >= 0.6 is 0 Å². The lowest BCUT2D eigenvalue weighted by molar-refractivity contribution is -0.289. The van der Waals surface area contributed by atoms with E-state index in [9.17, 15) is 19.5 Å². The number of methoxy groups -OCH3 is 1. The number of esters is 3. The minimum Gasteiger partial charge on any atom is -0.487 e. The molecule has 1 saturated heterocycles. The second kappa shape index (κ2) is 19.7. The predicted molar refractivity (Wildman–Crippen MR) is 231 cm³/mol. The van der Waals surface area contributed by atoms with E-state index in [2.05, 4.69) is 36.3 Å². The Bertz CT molecular complexity index is 2320. The van der Waals surface area contributed by atoms with E-state index in [-0.39, 0.29) is 41.9 Å². The predicted octanol–water partition coefficient (Wildman–Crippen LogP) is 7.76.